The lowest BCUT2D eigenvalue weighted by molar-refractivity contribution is 0.425. The third-order valence-corrected chi connectivity index (χ3v) is 3.35. The van der Waals surface area contributed by atoms with Crippen molar-refractivity contribution < 1.29 is 0 Å². The van der Waals surface area contributed by atoms with Crippen molar-refractivity contribution in [3.63, 3.8) is 0 Å². The monoisotopic (exact) mass is 193 g/mol. The summed E-state index contributed by atoms with van der Waals surface area (Å²) in [7, 11) is 0. The van der Waals surface area contributed by atoms with Crippen LogP contribution in [0.4, 0.5) is 0 Å². The van der Waals surface area contributed by atoms with E-state index in [-0.39, 0.29) is 0 Å². The molecule has 0 aliphatic heterocycles. The van der Waals surface area contributed by atoms with Gasteiger partial charge in [-0.05, 0) is 25.7 Å². The molecule has 78 valence electrons. The van der Waals surface area contributed by atoms with Crippen LogP contribution in [0.15, 0.2) is 6.20 Å². The molecular formula is C11H19N3. The molecule has 14 heavy (non-hydrogen) atoms. The van der Waals surface area contributed by atoms with Gasteiger partial charge in [-0.15, -0.1) is 0 Å². The highest BCUT2D eigenvalue weighted by atomic mass is 15.1. The zero-order chi connectivity index (χ0) is 9.97. The van der Waals surface area contributed by atoms with Crippen molar-refractivity contribution in [1.29, 1.82) is 0 Å². The predicted octanol–water partition coefficient (Wildman–Crippen LogP) is 2.00. The largest absolute Gasteiger partial charge is 0.310 e. The van der Waals surface area contributed by atoms with Crippen LogP contribution in [-0.4, -0.2) is 16.2 Å². The highest BCUT2D eigenvalue weighted by molar-refractivity contribution is 5.14. The van der Waals surface area contributed by atoms with E-state index in [1.54, 1.807) is 0 Å². The number of nitrogens with one attached hydrogen (secondary N) is 2. The Hall–Kier alpha value is -0.830. The average Bonchev–Trinajstić information content (AvgIpc) is 2.72. The molecule has 1 aliphatic rings. The van der Waals surface area contributed by atoms with Gasteiger partial charge in [0.15, 0.2) is 0 Å². The summed E-state index contributed by atoms with van der Waals surface area (Å²) in [5.41, 5.74) is 2.48. The van der Waals surface area contributed by atoms with Crippen LogP contribution in [0.5, 0.6) is 0 Å². The maximum absolute atomic E-state index is 4.02. The van der Waals surface area contributed by atoms with Crippen LogP contribution >= 0.6 is 0 Å². The number of nitrogens with zero attached hydrogens (tertiary/aromatic N) is 1. The molecule has 1 aromatic rings. The highest BCUT2D eigenvalue weighted by Gasteiger charge is 2.22. The molecule has 1 aromatic heterocycles. The number of hydrogen-bond acceptors (Lipinski definition) is 2. The van der Waals surface area contributed by atoms with Crippen LogP contribution in [0.2, 0.25) is 0 Å². The minimum Gasteiger partial charge on any atom is -0.310 e. The van der Waals surface area contributed by atoms with E-state index in [0.717, 1.165) is 12.5 Å². The van der Waals surface area contributed by atoms with Gasteiger partial charge in [-0.3, -0.25) is 5.10 Å². The molecule has 3 heteroatoms. The first kappa shape index (κ1) is 9.71. The van der Waals surface area contributed by atoms with Crippen LogP contribution in [0.1, 0.15) is 37.4 Å². The summed E-state index contributed by atoms with van der Waals surface area (Å²) in [4.78, 5) is 0. The lowest BCUT2D eigenvalue weighted by atomic mass is 10.1. The van der Waals surface area contributed by atoms with Crippen molar-refractivity contribution in [2.24, 2.45) is 5.92 Å². The van der Waals surface area contributed by atoms with E-state index in [9.17, 15) is 0 Å². The Balaban J connectivity index is 1.85. The maximum Gasteiger partial charge on any atom is 0.0535 e. The Morgan fingerprint density at radius 2 is 2.43 bits per heavy atom. The lowest BCUT2D eigenvalue weighted by Gasteiger charge is -2.16. The molecule has 2 N–H and O–H groups in total. The number of H-pyrrole nitrogens is 1. The normalized spacial score (nSPS) is 27.0. The van der Waals surface area contributed by atoms with Gasteiger partial charge in [-0.2, -0.15) is 5.10 Å². The summed E-state index contributed by atoms with van der Waals surface area (Å²) in [5, 5.41) is 10.6. The Morgan fingerprint density at radius 3 is 3.00 bits per heavy atom. The summed E-state index contributed by atoms with van der Waals surface area (Å²) in [5.74, 6) is 0.835. The number of aromatic amines is 1. The summed E-state index contributed by atoms with van der Waals surface area (Å²) in [6.07, 6.45) is 6.01. The molecule has 0 aromatic carbocycles. The number of aryl methyl sites for hydroxylation is 1. The minimum atomic E-state index is 0.712. The van der Waals surface area contributed by atoms with Crippen molar-refractivity contribution in [2.75, 3.05) is 0 Å². The van der Waals surface area contributed by atoms with Gasteiger partial charge >= 0.3 is 0 Å². The molecular weight excluding hydrogens is 174 g/mol. The van der Waals surface area contributed by atoms with E-state index in [0.29, 0.717) is 6.04 Å². The summed E-state index contributed by atoms with van der Waals surface area (Å²) in [6, 6.07) is 0.712. The highest BCUT2D eigenvalue weighted by Crippen LogP contribution is 2.25. The average molecular weight is 193 g/mol. The number of hydrogen-bond donors (Lipinski definition) is 2. The van der Waals surface area contributed by atoms with Crippen LogP contribution in [0.25, 0.3) is 0 Å². The quantitative estimate of drug-likeness (QED) is 0.770. The maximum atomic E-state index is 4.02. The molecule has 0 spiro atoms. The van der Waals surface area contributed by atoms with Crippen molar-refractivity contribution in [3.05, 3.63) is 17.5 Å². The second-order valence-corrected chi connectivity index (χ2v) is 4.42. The van der Waals surface area contributed by atoms with Gasteiger partial charge in [0.2, 0.25) is 0 Å². The zero-order valence-electron chi connectivity index (χ0n) is 9.01. The smallest absolute Gasteiger partial charge is 0.0535 e. The molecule has 2 unspecified atom stereocenters. The minimum absolute atomic E-state index is 0.712. The summed E-state index contributed by atoms with van der Waals surface area (Å²) >= 11 is 0. The van der Waals surface area contributed by atoms with E-state index in [2.05, 4.69) is 29.4 Å². The fourth-order valence-corrected chi connectivity index (χ4v) is 2.24. The van der Waals surface area contributed by atoms with Crippen LogP contribution < -0.4 is 5.32 Å². The second-order valence-electron chi connectivity index (χ2n) is 4.42. The fourth-order valence-electron chi connectivity index (χ4n) is 2.24. The fraction of sp³-hybridized carbons (Fsp3) is 0.727. The van der Waals surface area contributed by atoms with E-state index in [1.807, 2.05) is 6.20 Å². The molecule has 1 saturated carbocycles. The van der Waals surface area contributed by atoms with Crippen LogP contribution in [0, 0.1) is 12.8 Å². The second kappa shape index (κ2) is 4.13. The van der Waals surface area contributed by atoms with E-state index in [1.165, 1.54) is 30.5 Å². The van der Waals surface area contributed by atoms with Gasteiger partial charge < -0.3 is 5.32 Å². The summed E-state index contributed by atoms with van der Waals surface area (Å²) in [6.45, 7) is 5.37. The molecule has 0 bridgehead atoms. The third-order valence-electron chi connectivity index (χ3n) is 3.35. The van der Waals surface area contributed by atoms with Gasteiger partial charge in [0, 0.05) is 23.8 Å². The first-order valence-electron chi connectivity index (χ1n) is 5.49. The molecule has 3 nitrogen and oxygen atoms in total. The lowest BCUT2D eigenvalue weighted by Crippen LogP contribution is -2.30. The van der Waals surface area contributed by atoms with Crippen LogP contribution in [-0.2, 0) is 6.54 Å². The van der Waals surface area contributed by atoms with E-state index in [4.69, 9.17) is 0 Å². The first-order chi connectivity index (χ1) is 6.77. The molecule has 2 rings (SSSR count). The van der Waals surface area contributed by atoms with Gasteiger partial charge in [-0.25, -0.2) is 0 Å². The van der Waals surface area contributed by atoms with Crippen molar-refractivity contribution >= 4 is 0 Å². The molecule has 1 heterocycles. The van der Waals surface area contributed by atoms with Gasteiger partial charge in [0.05, 0.1) is 6.20 Å². The Kier molecular flexibility index (Phi) is 2.87. The SMILES string of the molecule is Cc1[nH]ncc1CNC1CCCC1C. The van der Waals surface area contributed by atoms with Crippen molar-refractivity contribution in [3.8, 4) is 0 Å². The van der Waals surface area contributed by atoms with Gasteiger partial charge in [0.25, 0.3) is 0 Å². The number of aromatic nitrogens is 2. The molecule has 2 atom stereocenters. The number of rotatable bonds is 3. The van der Waals surface area contributed by atoms with Crippen molar-refractivity contribution in [1.82, 2.24) is 15.5 Å². The molecule has 1 aliphatic carbocycles. The topological polar surface area (TPSA) is 40.7 Å². The Morgan fingerprint density at radius 1 is 1.57 bits per heavy atom. The van der Waals surface area contributed by atoms with E-state index >= 15 is 0 Å². The molecule has 1 fully saturated rings. The Bertz CT molecular complexity index is 292. The molecule has 0 saturated heterocycles. The Labute approximate surface area is 85.3 Å². The molecule has 0 amide bonds. The van der Waals surface area contributed by atoms with Gasteiger partial charge in [-0.1, -0.05) is 13.3 Å². The van der Waals surface area contributed by atoms with E-state index < -0.39 is 0 Å². The third kappa shape index (κ3) is 1.98. The van der Waals surface area contributed by atoms with Gasteiger partial charge in [0.1, 0.15) is 0 Å². The zero-order valence-corrected chi connectivity index (χ0v) is 9.01. The first-order valence-corrected chi connectivity index (χ1v) is 5.49. The van der Waals surface area contributed by atoms with Crippen molar-refractivity contribution in [2.45, 2.75) is 45.7 Å². The summed E-state index contributed by atoms with van der Waals surface area (Å²) < 4.78 is 0. The standard InChI is InChI=1S/C11H19N3/c1-8-4-3-5-11(8)12-6-10-7-13-14-9(10)2/h7-8,11-12H,3-6H2,1-2H3,(H,13,14). The predicted molar refractivity (Wildman–Crippen MR) is 57.0 cm³/mol. The van der Waals surface area contributed by atoms with Crippen LogP contribution in [0.3, 0.4) is 0 Å². The molecule has 0 radical (unpaired) electrons.